The van der Waals surface area contributed by atoms with E-state index in [4.69, 9.17) is 4.74 Å². The van der Waals surface area contributed by atoms with Gasteiger partial charge in [-0.1, -0.05) is 25.0 Å². The smallest absolute Gasteiger partial charge is 0.270 e. The first-order valence-electron chi connectivity index (χ1n) is 8.17. The zero-order chi connectivity index (χ0) is 16.9. The van der Waals surface area contributed by atoms with Gasteiger partial charge in [0.2, 0.25) is 5.95 Å². The second-order valence-electron chi connectivity index (χ2n) is 5.83. The second kappa shape index (κ2) is 7.18. The summed E-state index contributed by atoms with van der Waals surface area (Å²) in [6.07, 6.45) is 4.54. The first-order chi connectivity index (χ1) is 11.7. The lowest BCUT2D eigenvalue weighted by Gasteiger charge is -2.21. The number of benzene rings is 1. The lowest BCUT2D eigenvalue weighted by atomic mass is 10.1. The Labute approximate surface area is 140 Å². The molecule has 2 heterocycles. The van der Waals surface area contributed by atoms with E-state index >= 15 is 0 Å². The Balaban J connectivity index is 2.14. The molecule has 6 heteroatoms. The fraction of sp³-hybridized carbons (Fsp3) is 0.389. The maximum atomic E-state index is 12.4. The van der Waals surface area contributed by atoms with E-state index in [2.05, 4.69) is 14.9 Å². The molecular formula is C18H20N4O2. The van der Waals surface area contributed by atoms with Crippen molar-refractivity contribution in [1.82, 2.24) is 9.97 Å². The van der Waals surface area contributed by atoms with Gasteiger partial charge in [-0.05, 0) is 25.0 Å². The molecule has 124 valence electrons. The second-order valence-corrected chi connectivity index (χ2v) is 5.83. The Kier molecular flexibility index (Phi) is 4.80. The first-order valence-corrected chi connectivity index (χ1v) is 8.17. The van der Waals surface area contributed by atoms with Gasteiger partial charge in [-0.3, -0.25) is 9.78 Å². The molecular weight excluding hydrogens is 304 g/mol. The van der Waals surface area contributed by atoms with Crippen LogP contribution in [0.15, 0.2) is 29.1 Å². The van der Waals surface area contributed by atoms with E-state index in [0.29, 0.717) is 23.0 Å². The normalized spacial score (nSPS) is 14.8. The molecule has 3 rings (SSSR count). The van der Waals surface area contributed by atoms with Crippen LogP contribution in [-0.4, -0.2) is 30.2 Å². The molecule has 0 atom stereocenters. The van der Waals surface area contributed by atoms with Crippen molar-refractivity contribution in [2.75, 3.05) is 25.1 Å². The molecule has 1 aromatic heterocycles. The molecule has 0 saturated carbocycles. The zero-order valence-corrected chi connectivity index (χ0v) is 13.7. The number of rotatable bonds is 3. The average Bonchev–Trinajstić information content (AvgIpc) is 2.90. The highest BCUT2D eigenvalue weighted by atomic mass is 16.5. The SMILES string of the molecule is COc1ccccc1-c1nc(N2CCCCCC2)[nH]c(=O)c1C#N. The van der Waals surface area contributed by atoms with E-state index < -0.39 is 5.56 Å². The largest absolute Gasteiger partial charge is 0.496 e. The number of nitrogens with zero attached hydrogens (tertiary/aromatic N) is 3. The third kappa shape index (κ3) is 3.11. The van der Waals surface area contributed by atoms with Gasteiger partial charge in [-0.25, -0.2) is 4.98 Å². The maximum absolute atomic E-state index is 12.4. The molecule has 1 N–H and O–H groups in total. The molecule has 24 heavy (non-hydrogen) atoms. The van der Waals surface area contributed by atoms with Gasteiger partial charge in [-0.15, -0.1) is 0 Å². The van der Waals surface area contributed by atoms with Gasteiger partial charge < -0.3 is 9.64 Å². The molecule has 0 radical (unpaired) electrons. The standard InChI is InChI=1S/C18H20N4O2/c1-24-15-9-5-4-8-13(15)16-14(12-19)17(23)21-18(20-16)22-10-6-2-3-7-11-22/h4-5,8-9H,2-3,6-7,10-11H2,1H3,(H,20,21,23). The van der Waals surface area contributed by atoms with Crippen LogP contribution in [0.3, 0.4) is 0 Å². The summed E-state index contributed by atoms with van der Waals surface area (Å²) < 4.78 is 5.37. The summed E-state index contributed by atoms with van der Waals surface area (Å²) in [6, 6.07) is 9.27. The summed E-state index contributed by atoms with van der Waals surface area (Å²) in [5.74, 6) is 1.12. The lowest BCUT2D eigenvalue weighted by Crippen LogP contribution is -2.29. The van der Waals surface area contributed by atoms with E-state index in [1.54, 1.807) is 13.2 Å². The van der Waals surface area contributed by atoms with Crippen molar-refractivity contribution in [2.24, 2.45) is 0 Å². The van der Waals surface area contributed by atoms with Gasteiger partial charge in [0.05, 0.1) is 7.11 Å². The van der Waals surface area contributed by atoms with Crippen LogP contribution >= 0.6 is 0 Å². The molecule has 0 aliphatic carbocycles. The van der Waals surface area contributed by atoms with Crippen LogP contribution in [0.2, 0.25) is 0 Å². The predicted molar refractivity (Wildman–Crippen MR) is 92.2 cm³/mol. The van der Waals surface area contributed by atoms with Crippen LogP contribution < -0.4 is 15.2 Å². The monoisotopic (exact) mass is 324 g/mol. The van der Waals surface area contributed by atoms with Crippen LogP contribution in [0.4, 0.5) is 5.95 Å². The van der Waals surface area contributed by atoms with Crippen molar-refractivity contribution in [3.63, 3.8) is 0 Å². The van der Waals surface area contributed by atoms with Gasteiger partial charge in [0.15, 0.2) is 0 Å². The minimum atomic E-state index is -0.410. The van der Waals surface area contributed by atoms with E-state index in [0.717, 1.165) is 25.9 Å². The van der Waals surface area contributed by atoms with E-state index in [-0.39, 0.29) is 5.56 Å². The number of anilines is 1. The number of hydrogen-bond donors (Lipinski definition) is 1. The Morgan fingerprint density at radius 3 is 2.58 bits per heavy atom. The number of nitrogens with one attached hydrogen (secondary N) is 1. The van der Waals surface area contributed by atoms with Gasteiger partial charge >= 0.3 is 0 Å². The number of para-hydroxylation sites is 1. The number of H-pyrrole nitrogens is 1. The van der Waals surface area contributed by atoms with Gasteiger partial charge in [0.1, 0.15) is 23.1 Å². The highest BCUT2D eigenvalue weighted by Crippen LogP contribution is 2.30. The molecule has 0 bridgehead atoms. The van der Waals surface area contributed by atoms with E-state index in [1.165, 1.54) is 12.8 Å². The topological polar surface area (TPSA) is 82.0 Å². The molecule has 1 aromatic carbocycles. The summed E-state index contributed by atoms with van der Waals surface area (Å²) in [5.41, 5.74) is 0.627. The predicted octanol–water partition coefficient (Wildman–Crippen LogP) is 2.70. The molecule has 6 nitrogen and oxygen atoms in total. The van der Waals surface area contributed by atoms with Crippen molar-refractivity contribution in [2.45, 2.75) is 25.7 Å². The fourth-order valence-electron chi connectivity index (χ4n) is 3.03. The summed E-state index contributed by atoms with van der Waals surface area (Å²) in [4.78, 5) is 21.9. The molecule has 0 spiro atoms. The van der Waals surface area contributed by atoms with Gasteiger partial charge in [-0.2, -0.15) is 5.26 Å². The Bertz CT molecular complexity index is 814. The van der Waals surface area contributed by atoms with Crippen LogP contribution in [-0.2, 0) is 0 Å². The lowest BCUT2D eigenvalue weighted by molar-refractivity contribution is 0.416. The third-order valence-electron chi connectivity index (χ3n) is 4.29. The Hall–Kier alpha value is -2.81. The number of nitriles is 1. The summed E-state index contributed by atoms with van der Waals surface area (Å²) in [7, 11) is 1.56. The van der Waals surface area contributed by atoms with Crippen molar-refractivity contribution in [3.05, 3.63) is 40.2 Å². The quantitative estimate of drug-likeness (QED) is 0.938. The molecule has 0 amide bonds. The highest BCUT2D eigenvalue weighted by molar-refractivity contribution is 5.72. The Morgan fingerprint density at radius 2 is 1.92 bits per heavy atom. The minimum absolute atomic E-state index is 0.0121. The molecule has 1 saturated heterocycles. The molecule has 0 unspecified atom stereocenters. The minimum Gasteiger partial charge on any atom is -0.496 e. The van der Waals surface area contributed by atoms with Crippen LogP contribution in [0, 0.1) is 11.3 Å². The number of hydrogen-bond acceptors (Lipinski definition) is 5. The molecule has 1 aliphatic heterocycles. The van der Waals surface area contributed by atoms with Gasteiger partial charge in [0, 0.05) is 18.7 Å². The maximum Gasteiger partial charge on any atom is 0.270 e. The van der Waals surface area contributed by atoms with Crippen molar-refractivity contribution >= 4 is 5.95 Å². The molecule has 1 aliphatic rings. The highest BCUT2D eigenvalue weighted by Gasteiger charge is 2.19. The van der Waals surface area contributed by atoms with Crippen molar-refractivity contribution < 1.29 is 4.74 Å². The number of aromatic nitrogens is 2. The molecule has 2 aromatic rings. The van der Waals surface area contributed by atoms with Gasteiger partial charge in [0.25, 0.3) is 5.56 Å². The first kappa shape index (κ1) is 16.1. The van der Waals surface area contributed by atoms with Crippen molar-refractivity contribution in [3.8, 4) is 23.1 Å². The summed E-state index contributed by atoms with van der Waals surface area (Å²) in [5, 5.41) is 9.41. The third-order valence-corrected chi connectivity index (χ3v) is 4.29. The number of ether oxygens (including phenoxy) is 1. The average molecular weight is 324 g/mol. The Morgan fingerprint density at radius 1 is 1.21 bits per heavy atom. The van der Waals surface area contributed by atoms with E-state index in [1.807, 2.05) is 24.3 Å². The van der Waals surface area contributed by atoms with E-state index in [9.17, 15) is 10.1 Å². The van der Waals surface area contributed by atoms with Crippen LogP contribution in [0.25, 0.3) is 11.3 Å². The zero-order valence-electron chi connectivity index (χ0n) is 13.7. The fourth-order valence-corrected chi connectivity index (χ4v) is 3.03. The number of methoxy groups -OCH3 is 1. The molecule has 1 fully saturated rings. The van der Waals surface area contributed by atoms with Crippen molar-refractivity contribution in [1.29, 1.82) is 5.26 Å². The van der Waals surface area contributed by atoms with Crippen LogP contribution in [0.5, 0.6) is 5.75 Å². The number of aromatic amines is 1. The summed E-state index contributed by atoms with van der Waals surface area (Å²) >= 11 is 0. The van der Waals surface area contributed by atoms with Crippen LogP contribution in [0.1, 0.15) is 31.2 Å². The summed E-state index contributed by atoms with van der Waals surface area (Å²) in [6.45, 7) is 1.72.